The molecule has 1 fully saturated rings. The number of fused-ring (bicyclic) bond motifs is 1. The zero-order valence-electron chi connectivity index (χ0n) is 24.4. The lowest BCUT2D eigenvalue weighted by Crippen LogP contribution is -2.55. The smallest absolute Gasteiger partial charge is 0.244 e. The van der Waals surface area contributed by atoms with Crippen molar-refractivity contribution in [1.82, 2.24) is 10.2 Å². The number of rotatable bonds is 11. The summed E-state index contributed by atoms with van der Waals surface area (Å²) in [6, 6.07) is 18.1. The van der Waals surface area contributed by atoms with Gasteiger partial charge in [0.05, 0.1) is 11.9 Å². The van der Waals surface area contributed by atoms with Crippen LogP contribution in [-0.2, 0) is 32.6 Å². The molecule has 0 bridgehead atoms. The van der Waals surface area contributed by atoms with Crippen molar-refractivity contribution in [2.75, 3.05) is 23.9 Å². The third-order valence-corrected chi connectivity index (χ3v) is 9.78. The van der Waals surface area contributed by atoms with Gasteiger partial charge in [-0.05, 0) is 42.7 Å². The van der Waals surface area contributed by atoms with Gasteiger partial charge in [0.15, 0.2) is 11.5 Å². The standard InChI is InChI=1S/C32H35Cl2N3O6S/c1-44(40,41)37(24-15-16-29-30(18-24)43-21-42-29)20-31(38)36(19-25-26(33)13-8-14-27(25)34)28(17-22-9-4-2-5-10-22)32(39)35-23-11-6-3-7-12-23/h2,4-5,8-10,13-16,18,23,28H,3,6-7,11-12,17,19-21H2,1H3,(H,35,39). The van der Waals surface area contributed by atoms with Crippen LogP contribution in [0.1, 0.15) is 43.2 Å². The van der Waals surface area contributed by atoms with Crippen molar-refractivity contribution in [3.05, 3.63) is 87.9 Å². The van der Waals surface area contributed by atoms with Crippen LogP contribution in [0.15, 0.2) is 66.7 Å². The molecule has 1 aliphatic carbocycles. The fourth-order valence-electron chi connectivity index (χ4n) is 5.61. The van der Waals surface area contributed by atoms with Crippen LogP contribution in [0.25, 0.3) is 0 Å². The molecule has 44 heavy (non-hydrogen) atoms. The summed E-state index contributed by atoms with van der Waals surface area (Å²) in [7, 11) is -3.94. The average Bonchev–Trinajstić information content (AvgIpc) is 3.47. The molecule has 1 aliphatic heterocycles. The number of ether oxygens (including phenoxy) is 2. The Balaban J connectivity index is 1.53. The van der Waals surface area contributed by atoms with Crippen LogP contribution in [0.5, 0.6) is 11.5 Å². The van der Waals surface area contributed by atoms with Crippen LogP contribution in [0.4, 0.5) is 5.69 Å². The van der Waals surface area contributed by atoms with Crippen LogP contribution < -0.4 is 19.1 Å². The number of nitrogens with zero attached hydrogens (tertiary/aromatic N) is 2. The second-order valence-corrected chi connectivity index (χ2v) is 13.8. The Morgan fingerprint density at radius 1 is 0.932 bits per heavy atom. The van der Waals surface area contributed by atoms with Gasteiger partial charge in [-0.25, -0.2) is 8.42 Å². The summed E-state index contributed by atoms with van der Waals surface area (Å²) in [5.74, 6) is -0.0574. The van der Waals surface area contributed by atoms with Gasteiger partial charge in [0.1, 0.15) is 12.6 Å². The van der Waals surface area contributed by atoms with Crippen molar-refractivity contribution in [3.63, 3.8) is 0 Å². The van der Waals surface area contributed by atoms with E-state index >= 15 is 0 Å². The third-order valence-electron chi connectivity index (χ3n) is 7.94. The first kappa shape index (κ1) is 31.9. The number of halogens is 2. The lowest BCUT2D eigenvalue weighted by molar-refractivity contribution is -0.140. The van der Waals surface area contributed by atoms with Crippen molar-refractivity contribution in [3.8, 4) is 11.5 Å². The van der Waals surface area contributed by atoms with Crippen molar-refractivity contribution in [2.24, 2.45) is 0 Å². The molecule has 1 N–H and O–H groups in total. The fourth-order valence-corrected chi connectivity index (χ4v) is 6.96. The van der Waals surface area contributed by atoms with E-state index in [0.717, 1.165) is 48.2 Å². The van der Waals surface area contributed by atoms with E-state index in [0.29, 0.717) is 27.1 Å². The van der Waals surface area contributed by atoms with E-state index < -0.39 is 28.5 Å². The number of nitrogens with one attached hydrogen (secondary N) is 1. The van der Waals surface area contributed by atoms with Gasteiger partial charge in [0, 0.05) is 40.7 Å². The minimum Gasteiger partial charge on any atom is -0.454 e. The maximum absolute atomic E-state index is 14.4. The monoisotopic (exact) mass is 659 g/mol. The minimum atomic E-state index is -3.94. The summed E-state index contributed by atoms with van der Waals surface area (Å²) in [4.78, 5) is 29.8. The molecule has 2 amide bonds. The molecule has 1 atom stereocenters. The lowest BCUT2D eigenvalue weighted by atomic mass is 9.94. The number of carbonyl (C=O) groups excluding carboxylic acids is 2. The Morgan fingerprint density at radius 3 is 2.30 bits per heavy atom. The van der Waals surface area contributed by atoms with Crippen LogP contribution in [0, 0.1) is 0 Å². The summed E-state index contributed by atoms with van der Waals surface area (Å²) < 4.78 is 38.0. The Morgan fingerprint density at radius 2 is 1.61 bits per heavy atom. The van der Waals surface area contributed by atoms with Crippen molar-refractivity contribution < 1.29 is 27.5 Å². The normalized spacial score (nSPS) is 15.4. The van der Waals surface area contributed by atoms with Gasteiger partial charge in [-0.1, -0.05) is 78.9 Å². The topological polar surface area (TPSA) is 105 Å². The van der Waals surface area contributed by atoms with Gasteiger partial charge < -0.3 is 19.7 Å². The highest BCUT2D eigenvalue weighted by molar-refractivity contribution is 7.92. The largest absolute Gasteiger partial charge is 0.454 e. The van der Waals surface area contributed by atoms with Gasteiger partial charge >= 0.3 is 0 Å². The molecule has 1 saturated carbocycles. The molecule has 5 rings (SSSR count). The maximum Gasteiger partial charge on any atom is 0.244 e. The second-order valence-electron chi connectivity index (χ2n) is 11.1. The predicted molar refractivity (Wildman–Crippen MR) is 171 cm³/mol. The highest BCUT2D eigenvalue weighted by Gasteiger charge is 2.35. The molecular formula is C32H35Cl2N3O6S. The molecule has 0 spiro atoms. The number of hydrogen-bond donors (Lipinski definition) is 1. The van der Waals surface area contributed by atoms with E-state index in [9.17, 15) is 18.0 Å². The van der Waals surface area contributed by atoms with Crippen LogP contribution in [0.2, 0.25) is 10.0 Å². The first-order valence-electron chi connectivity index (χ1n) is 14.5. The van der Waals surface area contributed by atoms with Gasteiger partial charge in [-0.3, -0.25) is 13.9 Å². The van der Waals surface area contributed by atoms with Crippen molar-refractivity contribution in [1.29, 1.82) is 0 Å². The minimum absolute atomic E-state index is 0.00322. The molecule has 9 nitrogen and oxygen atoms in total. The quantitative estimate of drug-likeness (QED) is 0.288. The number of amides is 2. The van der Waals surface area contributed by atoms with E-state index in [1.54, 1.807) is 30.3 Å². The number of carbonyl (C=O) groups is 2. The lowest BCUT2D eigenvalue weighted by Gasteiger charge is -2.35. The van der Waals surface area contributed by atoms with Gasteiger partial charge in [0.2, 0.25) is 28.6 Å². The molecule has 1 unspecified atom stereocenters. The molecule has 0 aromatic heterocycles. The molecule has 0 saturated heterocycles. The van der Waals surface area contributed by atoms with E-state index in [1.807, 2.05) is 30.3 Å². The molecule has 12 heteroatoms. The third kappa shape index (κ3) is 7.78. The number of anilines is 1. The van der Waals surface area contributed by atoms with Crippen molar-refractivity contribution >= 4 is 50.7 Å². The summed E-state index contributed by atoms with van der Waals surface area (Å²) in [6.45, 7) is -0.658. The van der Waals surface area contributed by atoms with Crippen LogP contribution in [-0.4, -0.2) is 56.8 Å². The molecule has 2 aliphatic rings. The van der Waals surface area contributed by atoms with Crippen molar-refractivity contribution in [2.45, 2.75) is 57.2 Å². The molecule has 3 aromatic carbocycles. The summed E-state index contributed by atoms with van der Waals surface area (Å²) in [5, 5.41) is 3.83. The maximum atomic E-state index is 14.4. The van der Waals surface area contributed by atoms with Crippen LogP contribution in [0.3, 0.4) is 0 Å². The summed E-state index contributed by atoms with van der Waals surface area (Å²) in [5.41, 5.74) is 1.53. The number of sulfonamides is 1. The molecule has 0 radical (unpaired) electrons. The van der Waals surface area contributed by atoms with E-state index in [-0.39, 0.29) is 37.4 Å². The zero-order valence-corrected chi connectivity index (χ0v) is 26.7. The van der Waals surface area contributed by atoms with Crippen LogP contribution >= 0.6 is 23.2 Å². The van der Waals surface area contributed by atoms with E-state index in [4.69, 9.17) is 32.7 Å². The molecule has 1 heterocycles. The van der Waals surface area contributed by atoms with Gasteiger partial charge in [-0.2, -0.15) is 0 Å². The Bertz CT molecular complexity index is 1580. The fraction of sp³-hybridized carbons (Fsp3) is 0.375. The second kappa shape index (κ2) is 14.1. The summed E-state index contributed by atoms with van der Waals surface area (Å²) in [6.07, 6.45) is 6.11. The molecule has 234 valence electrons. The van der Waals surface area contributed by atoms with Gasteiger partial charge in [0.25, 0.3) is 0 Å². The zero-order chi connectivity index (χ0) is 31.3. The first-order chi connectivity index (χ1) is 21.1. The van der Waals surface area contributed by atoms with Gasteiger partial charge in [-0.15, -0.1) is 0 Å². The number of benzene rings is 3. The Hall–Kier alpha value is -3.47. The Kier molecular flexibility index (Phi) is 10.2. The SMILES string of the molecule is CS(=O)(=O)N(CC(=O)N(Cc1c(Cl)cccc1Cl)C(Cc1ccccc1)C(=O)NC1CCCCC1)c1ccc2c(c1)OCO2. The highest BCUT2D eigenvalue weighted by atomic mass is 35.5. The predicted octanol–water partition coefficient (Wildman–Crippen LogP) is 5.58. The van der Waals surface area contributed by atoms with E-state index in [2.05, 4.69) is 5.32 Å². The molecule has 3 aromatic rings. The average molecular weight is 661 g/mol. The van der Waals surface area contributed by atoms with E-state index in [1.165, 1.54) is 11.0 Å². The summed E-state index contributed by atoms with van der Waals surface area (Å²) >= 11 is 13.1. The number of hydrogen-bond acceptors (Lipinski definition) is 6. The first-order valence-corrected chi connectivity index (χ1v) is 17.1. The molecular weight excluding hydrogens is 625 g/mol. The highest BCUT2D eigenvalue weighted by Crippen LogP contribution is 2.36. The Labute approximate surface area is 268 Å².